The van der Waals surface area contributed by atoms with E-state index in [2.05, 4.69) is 0 Å². The normalized spacial score (nSPS) is 15.1. The predicted octanol–water partition coefficient (Wildman–Crippen LogP) is 3.72. The second-order valence-corrected chi connectivity index (χ2v) is 6.21. The molecule has 1 aliphatic heterocycles. The number of allylic oxidation sites excluding steroid dienone is 1. The van der Waals surface area contributed by atoms with Crippen molar-refractivity contribution in [2.75, 3.05) is 26.2 Å². The van der Waals surface area contributed by atoms with Gasteiger partial charge in [0.15, 0.2) is 11.5 Å². The first-order valence-electron chi connectivity index (χ1n) is 8.75. The Morgan fingerprint density at radius 2 is 1.72 bits per heavy atom. The first-order chi connectivity index (χ1) is 13.9. The molecule has 0 saturated heterocycles. The van der Waals surface area contributed by atoms with Gasteiger partial charge in [0.2, 0.25) is 0 Å². The third-order valence-corrected chi connectivity index (χ3v) is 4.62. The maximum Gasteiger partial charge on any atom is 0.340 e. The van der Waals surface area contributed by atoms with E-state index < -0.39 is 17.7 Å². The van der Waals surface area contributed by atoms with Gasteiger partial charge in [0, 0.05) is 17.3 Å². The van der Waals surface area contributed by atoms with Crippen molar-refractivity contribution in [1.29, 1.82) is 0 Å². The molecule has 7 heteroatoms. The zero-order valence-electron chi connectivity index (χ0n) is 16.5. The van der Waals surface area contributed by atoms with Gasteiger partial charge in [-0.25, -0.2) is 9.18 Å². The summed E-state index contributed by atoms with van der Waals surface area (Å²) in [6.45, 7) is 1.63. The third-order valence-electron chi connectivity index (χ3n) is 4.62. The lowest BCUT2D eigenvalue weighted by Gasteiger charge is -2.19. The first-order valence-corrected chi connectivity index (χ1v) is 8.75. The molecule has 0 aliphatic carbocycles. The van der Waals surface area contributed by atoms with Crippen molar-refractivity contribution in [3.63, 3.8) is 0 Å². The van der Waals surface area contributed by atoms with Gasteiger partial charge in [-0.05, 0) is 31.2 Å². The molecule has 0 N–H and O–H groups in total. The number of esters is 1. The fraction of sp³-hybridized carbons (Fsp3) is 0.182. The molecule has 0 saturated carbocycles. The summed E-state index contributed by atoms with van der Waals surface area (Å²) >= 11 is 0. The second-order valence-electron chi connectivity index (χ2n) is 6.21. The summed E-state index contributed by atoms with van der Waals surface area (Å²) in [4.78, 5) is 27.0. The molecular formula is C22H20FNO5. The first kappa shape index (κ1) is 20.1. The van der Waals surface area contributed by atoms with E-state index >= 15 is 0 Å². The van der Waals surface area contributed by atoms with Crippen LogP contribution in [0.4, 0.5) is 10.1 Å². The second kappa shape index (κ2) is 8.18. The Morgan fingerprint density at radius 3 is 2.34 bits per heavy atom. The van der Waals surface area contributed by atoms with Gasteiger partial charge in [0.05, 0.1) is 38.2 Å². The maximum atomic E-state index is 14.1. The summed E-state index contributed by atoms with van der Waals surface area (Å²) in [5.41, 5.74) is 1.17. The number of halogens is 1. The molecule has 0 aromatic heterocycles. The molecule has 0 bridgehead atoms. The van der Waals surface area contributed by atoms with Crippen LogP contribution in [0.25, 0.3) is 6.08 Å². The average molecular weight is 397 g/mol. The van der Waals surface area contributed by atoms with Crippen molar-refractivity contribution in [3.05, 3.63) is 70.7 Å². The van der Waals surface area contributed by atoms with Gasteiger partial charge in [-0.3, -0.25) is 9.69 Å². The molecular weight excluding hydrogens is 377 g/mol. The predicted molar refractivity (Wildman–Crippen MR) is 106 cm³/mol. The Morgan fingerprint density at radius 1 is 1.03 bits per heavy atom. The number of ether oxygens (including phenoxy) is 3. The zero-order valence-corrected chi connectivity index (χ0v) is 16.5. The lowest BCUT2D eigenvalue weighted by molar-refractivity contribution is -0.136. The standard InChI is InChI=1S/C22H20FNO5/c1-13-20(22(26)29-4)16(11-14-7-5-6-8-17(14)23)21(25)24(13)15-9-10-18(27-2)19(12-15)28-3/h5-12H,1-4H3/b16-11-. The number of methoxy groups -OCH3 is 3. The van der Waals surface area contributed by atoms with Gasteiger partial charge in [0.1, 0.15) is 5.82 Å². The van der Waals surface area contributed by atoms with Gasteiger partial charge < -0.3 is 14.2 Å². The van der Waals surface area contributed by atoms with Crippen molar-refractivity contribution in [3.8, 4) is 11.5 Å². The largest absolute Gasteiger partial charge is 0.493 e. The molecule has 0 atom stereocenters. The van der Waals surface area contributed by atoms with Crippen molar-refractivity contribution >= 4 is 23.6 Å². The van der Waals surface area contributed by atoms with Gasteiger partial charge >= 0.3 is 5.97 Å². The number of benzene rings is 2. The Balaban J connectivity index is 2.16. The molecule has 150 valence electrons. The molecule has 0 unspecified atom stereocenters. The maximum absolute atomic E-state index is 14.1. The van der Waals surface area contributed by atoms with Crippen LogP contribution in [0.5, 0.6) is 11.5 Å². The number of amides is 1. The van der Waals surface area contributed by atoms with E-state index in [9.17, 15) is 14.0 Å². The summed E-state index contributed by atoms with van der Waals surface area (Å²) in [7, 11) is 4.22. The fourth-order valence-electron chi connectivity index (χ4n) is 3.20. The van der Waals surface area contributed by atoms with E-state index in [1.54, 1.807) is 37.3 Å². The number of hydrogen-bond acceptors (Lipinski definition) is 5. The number of nitrogens with zero attached hydrogens (tertiary/aromatic N) is 1. The van der Waals surface area contributed by atoms with Crippen molar-refractivity contribution in [2.45, 2.75) is 6.92 Å². The highest BCUT2D eigenvalue weighted by Crippen LogP contribution is 2.39. The average Bonchev–Trinajstić information content (AvgIpc) is 2.98. The van der Waals surface area contributed by atoms with Crippen LogP contribution >= 0.6 is 0 Å². The molecule has 2 aromatic rings. The Bertz CT molecular complexity index is 1040. The SMILES string of the molecule is COC(=O)C1=C(C)N(c2ccc(OC)c(OC)c2)C(=O)/C1=C\c1ccccc1F. The summed E-state index contributed by atoms with van der Waals surface area (Å²) in [6, 6.07) is 11.0. The van der Waals surface area contributed by atoms with Crippen LogP contribution in [-0.2, 0) is 14.3 Å². The minimum atomic E-state index is -0.679. The van der Waals surface area contributed by atoms with Gasteiger partial charge in [-0.15, -0.1) is 0 Å². The van der Waals surface area contributed by atoms with E-state index in [1.807, 2.05) is 0 Å². The van der Waals surface area contributed by atoms with Gasteiger partial charge in [-0.1, -0.05) is 18.2 Å². The van der Waals surface area contributed by atoms with E-state index in [-0.39, 0.29) is 16.7 Å². The molecule has 1 aliphatic rings. The van der Waals surface area contributed by atoms with Crippen LogP contribution in [-0.4, -0.2) is 33.2 Å². The molecule has 29 heavy (non-hydrogen) atoms. The molecule has 0 spiro atoms. The van der Waals surface area contributed by atoms with E-state index in [4.69, 9.17) is 14.2 Å². The third kappa shape index (κ3) is 3.59. The van der Waals surface area contributed by atoms with E-state index in [0.717, 1.165) is 0 Å². The number of carbonyl (C=O) groups excluding carboxylic acids is 2. The van der Waals surface area contributed by atoms with Gasteiger partial charge in [0.25, 0.3) is 5.91 Å². The highest BCUT2D eigenvalue weighted by atomic mass is 19.1. The zero-order chi connectivity index (χ0) is 21.1. The van der Waals surface area contributed by atoms with Crippen molar-refractivity contribution < 1.29 is 28.2 Å². The van der Waals surface area contributed by atoms with E-state index in [1.165, 1.54) is 44.4 Å². The topological polar surface area (TPSA) is 65.1 Å². The molecule has 1 amide bonds. The summed E-state index contributed by atoms with van der Waals surface area (Å²) in [5, 5.41) is 0. The number of carbonyl (C=O) groups is 2. The molecule has 3 rings (SSSR count). The minimum Gasteiger partial charge on any atom is -0.493 e. The molecule has 2 aromatic carbocycles. The van der Waals surface area contributed by atoms with Crippen molar-refractivity contribution in [2.24, 2.45) is 0 Å². The number of rotatable bonds is 5. The van der Waals surface area contributed by atoms with Crippen LogP contribution < -0.4 is 14.4 Å². The van der Waals surface area contributed by atoms with Crippen LogP contribution in [0.3, 0.4) is 0 Å². The van der Waals surface area contributed by atoms with Crippen LogP contribution in [0.15, 0.2) is 59.3 Å². The number of hydrogen-bond donors (Lipinski definition) is 0. The Labute approximate surface area is 167 Å². The molecule has 1 heterocycles. The lowest BCUT2D eigenvalue weighted by Crippen LogP contribution is -2.24. The molecule has 0 radical (unpaired) electrons. The fourth-order valence-corrected chi connectivity index (χ4v) is 3.20. The Hall–Kier alpha value is -3.61. The smallest absolute Gasteiger partial charge is 0.340 e. The Kier molecular flexibility index (Phi) is 5.68. The number of anilines is 1. The molecule has 0 fully saturated rings. The summed E-state index contributed by atoms with van der Waals surface area (Å²) < 4.78 is 29.5. The molecule has 6 nitrogen and oxygen atoms in total. The minimum absolute atomic E-state index is 0.0502. The highest BCUT2D eigenvalue weighted by Gasteiger charge is 2.38. The highest BCUT2D eigenvalue weighted by molar-refractivity contribution is 6.23. The van der Waals surface area contributed by atoms with Crippen LogP contribution in [0, 0.1) is 5.82 Å². The lowest BCUT2D eigenvalue weighted by atomic mass is 10.0. The summed E-state index contributed by atoms with van der Waals surface area (Å²) in [5.74, 6) is -0.726. The van der Waals surface area contributed by atoms with Crippen LogP contribution in [0.2, 0.25) is 0 Å². The summed E-state index contributed by atoms with van der Waals surface area (Å²) in [6.07, 6.45) is 1.36. The van der Waals surface area contributed by atoms with E-state index in [0.29, 0.717) is 22.9 Å². The monoisotopic (exact) mass is 397 g/mol. The van der Waals surface area contributed by atoms with Gasteiger partial charge in [-0.2, -0.15) is 0 Å². The van der Waals surface area contributed by atoms with Crippen molar-refractivity contribution in [1.82, 2.24) is 0 Å². The quantitative estimate of drug-likeness (QED) is 0.568. The van der Waals surface area contributed by atoms with Crippen LogP contribution in [0.1, 0.15) is 12.5 Å².